The Balaban J connectivity index is 1.21. The molecule has 1 aliphatic carbocycles. The highest BCUT2D eigenvalue weighted by Crippen LogP contribution is 2.34. The van der Waals surface area contributed by atoms with Gasteiger partial charge < -0.3 is 28.1 Å². The van der Waals surface area contributed by atoms with Gasteiger partial charge in [0.1, 0.15) is 0 Å². The summed E-state index contributed by atoms with van der Waals surface area (Å²) in [7, 11) is 3.26. The zero-order chi connectivity index (χ0) is 29.9. The molecule has 5 rings (SSSR count). The topological polar surface area (TPSA) is 89.6 Å². The third kappa shape index (κ3) is 8.16. The Kier molecular flexibility index (Phi) is 10.3. The van der Waals surface area contributed by atoms with Crippen LogP contribution >= 0.6 is 0 Å². The van der Waals surface area contributed by atoms with Crippen LogP contribution in [0.2, 0.25) is 0 Å². The Labute approximate surface area is 252 Å². The quantitative estimate of drug-likeness (QED) is 0.128. The number of aryl methyl sites for hydroxylation is 2. The predicted octanol–water partition coefficient (Wildman–Crippen LogP) is 6.26. The van der Waals surface area contributed by atoms with E-state index in [0.717, 1.165) is 67.5 Å². The van der Waals surface area contributed by atoms with Gasteiger partial charge in [-0.2, -0.15) is 0 Å². The molecule has 2 aromatic heterocycles. The van der Waals surface area contributed by atoms with Crippen molar-refractivity contribution in [1.29, 1.82) is 0 Å². The molecule has 0 amide bonds. The van der Waals surface area contributed by atoms with E-state index in [2.05, 4.69) is 9.97 Å². The number of Topliss-reactive ketones (excluding diaryl/α,β-unsaturated/α-hetero) is 1. The third-order valence-corrected chi connectivity index (χ3v) is 7.29. The number of nitrogens with zero attached hydrogens (tertiary/aromatic N) is 4. The minimum absolute atomic E-state index is 0.0730. The molecule has 9 nitrogen and oxygen atoms in total. The molecule has 1 saturated carbocycles. The van der Waals surface area contributed by atoms with Crippen LogP contribution in [0.4, 0.5) is 0 Å². The highest BCUT2D eigenvalue weighted by atomic mass is 16.5. The lowest BCUT2D eigenvalue weighted by atomic mass is 9.87. The van der Waals surface area contributed by atoms with Crippen molar-refractivity contribution in [3.63, 3.8) is 0 Å². The summed E-state index contributed by atoms with van der Waals surface area (Å²) < 4.78 is 27.2. The Morgan fingerprint density at radius 1 is 0.721 bits per heavy atom. The molecule has 2 aromatic carbocycles. The second-order valence-corrected chi connectivity index (χ2v) is 10.3. The van der Waals surface area contributed by atoms with Gasteiger partial charge in [0.15, 0.2) is 28.8 Å². The van der Waals surface area contributed by atoms with Crippen molar-refractivity contribution in [2.24, 2.45) is 0 Å². The van der Waals surface area contributed by atoms with E-state index in [1.54, 1.807) is 39.3 Å². The van der Waals surface area contributed by atoms with E-state index < -0.39 is 0 Å². The summed E-state index contributed by atoms with van der Waals surface area (Å²) in [6.45, 7) is 2.79. The molecule has 1 fully saturated rings. The predicted molar refractivity (Wildman–Crippen MR) is 165 cm³/mol. The number of hydrogen-bond donors (Lipinski definition) is 0. The molecule has 9 heteroatoms. The molecular formula is C34H38N4O5. The van der Waals surface area contributed by atoms with Crippen LogP contribution in [0.25, 0.3) is 12.2 Å². The lowest BCUT2D eigenvalue weighted by Crippen LogP contribution is -2.12. The Morgan fingerprint density at radius 2 is 1.21 bits per heavy atom. The van der Waals surface area contributed by atoms with Gasteiger partial charge in [-0.05, 0) is 79.6 Å². The van der Waals surface area contributed by atoms with Crippen LogP contribution in [-0.2, 0) is 17.9 Å². The van der Waals surface area contributed by atoms with Gasteiger partial charge in [-0.1, -0.05) is 12.1 Å². The number of aromatic nitrogens is 4. The van der Waals surface area contributed by atoms with Gasteiger partial charge >= 0.3 is 0 Å². The Bertz CT molecular complexity index is 1430. The van der Waals surface area contributed by atoms with Crippen LogP contribution in [0.3, 0.4) is 0 Å². The van der Waals surface area contributed by atoms with Crippen LogP contribution in [0.15, 0.2) is 85.0 Å². The van der Waals surface area contributed by atoms with E-state index in [1.165, 1.54) is 0 Å². The lowest BCUT2D eigenvalue weighted by Gasteiger charge is -2.17. The number of imidazole rings is 2. The van der Waals surface area contributed by atoms with Crippen molar-refractivity contribution in [1.82, 2.24) is 19.1 Å². The standard InChI is InChI=1S/C34H38N4O5/c1-40-32-22-26(8-10-30(32)42-18-4-14-37-16-12-35-24-37)20-28-6-3-7-29(34(28)39)21-27-9-11-31(33(23-27)41-2)43-19-5-15-38-17-13-36-25-38/h8-13,16-17,20-25H,3-7,14-15,18-19H2,1-2H3/b28-20+,29-21+. The fourth-order valence-electron chi connectivity index (χ4n) is 5.06. The van der Waals surface area contributed by atoms with Crippen molar-refractivity contribution >= 4 is 17.9 Å². The van der Waals surface area contributed by atoms with Crippen molar-refractivity contribution in [3.8, 4) is 23.0 Å². The number of carbonyl (C=O) groups excluding carboxylic acids is 1. The zero-order valence-electron chi connectivity index (χ0n) is 24.8. The molecule has 224 valence electrons. The Hall–Kier alpha value is -4.79. The monoisotopic (exact) mass is 582 g/mol. The van der Waals surface area contributed by atoms with Crippen LogP contribution in [0.1, 0.15) is 43.2 Å². The first-order chi connectivity index (χ1) is 21.1. The molecule has 0 atom stereocenters. The smallest absolute Gasteiger partial charge is 0.185 e. The van der Waals surface area contributed by atoms with Crippen molar-refractivity contribution in [2.45, 2.75) is 45.2 Å². The second kappa shape index (κ2) is 14.9. The summed E-state index contributed by atoms with van der Waals surface area (Å²) in [6, 6.07) is 11.6. The maximum absolute atomic E-state index is 13.5. The fraction of sp³-hybridized carbons (Fsp3) is 0.324. The largest absolute Gasteiger partial charge is 0.493 e. The van der Waals surface area contributed by atoms with Crippen molar-refractivity contribution in [2.75, 3.05) is 27.4 Å². The van der Waals surface area contributed by atoms with Crippen molar-refractivity contribution < 1.29 is 23.7 Å². The van der Waals surface area contributed by atoms with Crippen molar-refractivity contribution in [3.05, 3.63) is 96.1 Å². The molecule has 2 heterocycles. The van der Waals surface area contributed by atoms with Gasteiger partial charge in [-0.15, -0.1) is 0 Å². The lowest BCUT2D eigenvalue weighted by molar-refractivity contribution is -0.112. The Morgan fingerprint density at radius 3 is 1.63 bits per heavy atom. The number of benzene rings is 2. The summed E-state index contributed by atoms with van der Waals surface area (Å²) in [5, 5.41) is 0. The molecule has 0 unspecified atom stereocenters. The van der Waals surface area contributed by atoms with Gasteiger partial charge in [0.05, 0.1) is 40.1 Å². The average Bonchev–Trinajstić information content (AvgIpc) is 3.75. The first kappa shape index (κ1) is 29.7. The number of allylic oxidation sites excluding steroid dienone is 2. The normalized spacial score (nSPS) is 15.2. The van der Waals surface area contributed by atoms with E-state index in [4.69, 9.17) is 18.9 Å². The molecule has 0 spiro atoms. The number of hydrogen-bond acceptors (Lipinski definition) is 7. The first-order valence-corrected chi connectivity index (χ1v) is 14.6. The fourth-order valence-corrected chi connectivity index (χ4v) is 5.06. The van der Waals surface area contributed by atoms with Crippen LogP contribution < -0.4 is 18.9 Å². The summed E-state index contributed by atoms with van der Waals surface area (Å²) in [6.07, 6.45) is 19.0. The number of ether oxygens (including phenoxy) is 4. The number of rotatable bonds is 14. The van der Waals surface area contributed by atoms with Gasteiger partial charge in [-0.25, -0.2) is 9.97 Å². The highest BCUT2D eigenvalue weighted by molar-refractivity contribution is 6.14. The van der Waals surface area contributed by atoms with Gasteiger partial charge in [0, 0.05) is 49.0 Å². The summed E-state index contributed by atoms with van der Waals surface area (Å²) in [5.41, 5.74) is 3.39. The van der Waals surface area contributed by atoms with Gasteiger partial charge in [0.2, 0.25) is 0 Å². The number of carbonyl (C=O) groups is 1. The summed E-state index contributed by atoms with van der Waals surface area (Å²) in [4.78, 5) is 21.6. The van der Waals surface area contributed by atoms with Crippen LogP contribution in [0.5, 0.6) is 23.0 Å². The minimum Gasteiger partial charge on any atom is -0.493 e. The molecule has 0 N–H and O–H groups in total. The highest BCUT2D eigenvalue weighted by Gasteiger charge is 2.21. The third-order valence-electron chi connectivity index (χ3n) is 7.29. The van der Waals surface area contributed by atoms with E-state index >= 15 is 0 Å². The van der Waals surface area contributed by atoms with E-state index in [9.17, 15) is 4.79 Å². The molecule has 0 saturated heterocycles. The number of ketones is 1. The van der Waals surface area contributed by atoms with Gasteiger partial charge in [0.25, 0.3) is 0 Å². The molecule has 4 aromatic rings. The summed E-state index contributed by atoms with van der Waals surface area (Å²) in [5.74, 6) is 2.74. The number of methoxy groups -OCH3 is 2. The van der Waals surface area contributed by atoms with Crippen LogP contribution in [0, 0.1) is 0 Å². The SMILES string of the molecule is COc1cc(/C=C2\CCC/C(=C\c3ccc(OCCCn4ccnc4)c(OC)c3)C2=O)ccc1OCCCn1ccnc1. The maximum Gasteiger partial charge on any atom is 0.185 e. The molecule has 43 heavy (non-hydrogen) atoms. The van der Waals surface area contributed by atoms with E-state index in [-0.39, 0.29) is 5.78 Å². The first-order valence-electron chi connectivity index (χ1n) is 14.6. The average molecular weight is 583 g/mol. The minimum atomic E-state index is 0.0730. The molecule has 0 bridgehead atoms. The second-order valence-electron chi connectivity index (χ2n) is 10.3. The van der Waals surface area contributed by atoms with E-state index in [0.29, 0.717) is 36.2 Å². The van der Waals surface area contributed by atoms with Gasteiger partial charge in [-0.3, -0.25) is 4.79 Å². The zero-order valence-corrected chi connectivity index (χ0v) is 24.8. The summed E-state index contributed by atoms with van der Waals surface area (Å²) >= 11 is 0. The van der Waals surface area contributed by atoms with Crippen LogP contribution in [-0.4, -0.2) is 52.3 Å². The molecule has 0 radical (unpaired) electrons. The molecule has 1 aliphatic rings. The molecular weight excluding hydrogens is 544 g/mol. The molecule has 0 aliphatic heterocycles. The van der Waals surface area contributed by atoms with E-state index in [1.807, 2.05) is 70.1 Å². The maximum atomic E-state index is 13.5.